The highest BCUT2D eigenvalue weighted by molar-refractivity contribution is 8.00. The average Bonchev–Trinajstić information content (AvgIpc) is 3.08. The van der Waals surface area contributed by atoms with Gasteiger partial charge in [0.15, 0.2) is 5.13 Å². The molecule has 0 saturated heterocycles. The first kappa shape index (κ1) is 24.1. The lowest BCUT2D eigenvalue weighted by molar-refractivity contribution is -0.118. The molecule has 1 unspecified atom stereocenters. The van der Waals surface area contributed by atoms with Crippen molar-refractivity contribution in [2.75, 3.05) is 17.2 Å². The van der Waals surface area contributed by atoms with Gasteiger partial charge in [0.2, 0.25) is 11.8 Å². The molecule has 0 radical (unpaired) electrons. The maximum absolute atomic E-state index is 12.7. The van der Waals surface area contributed by atoms with Crippen molar-refractivity contribution in [3.8, 4) is 5.75 Å². The third-order valence-corrected chi connectivity index (χ3v) is 6.42. The van der Waals surface area contributed by atoms with Gasteiger partial charge in [0, 0.05) is 17.0 Å². The first-order valence-corrected chi connectivity index (χ1v) is 12.2. The highest BCUT2D eigenvalue weighted by Gasteiger charge is 2.18. The number of nitrogens with zero attached hydrogens (tertiary/aromatic N) is 1. The van der Waals surface area contributed by atoms with E-state index in [9.17, 15) is 9.59 Å². The highest BCUT2D eigenvalue weighted by atomic mass is 32.2. The minimum Gasteiger partial charge on any atom is -0.494 e. The summed E-state index contributed by atoms with van der Waals surface area (Å²) in [6.07, 6.45) is 0.442. The molecule has 2 aromatic carbocycles. The van der Waals surface area contributed by atoms with Gasteiger partial charge in [-0.25, -0.2) is 4.98 Å². The second-order valence-electron chi connectivity index (χ2n) is 8.64. The van der Waals surface area contributed by atoms with E-state index < -0.39 is 0 Å². The number of ether oxygens (including phenoxy) is 1. The van der Waals surface area contributed by atoms with E-state index >= 15 is 0 Å². The smallest absolute Gasteiger partial charge is 0.239 e. The summed E-state index contributed by atoms with van der Waals surface area (Å²) in [6, 6.07) is 13.3. The number of fused-ring (bicyclic) bond motifs is 1. The van der Waals surface area contributed by atoms with Crippen molar-refractivity contribution in [2.24, 2.45) is 5.41 Å². The zero-order valence-corrected chi connectivity index (χ0v) is 20.7. The van der Waals surface area contributed by atoms with Gasteiger partial charge in [-0.15, -0.1) is 11.8 Å². The van der Waals surface area contributed by atoms with Crippen LogP contribution in [0.25, 0.3) is 10.2 Å². The van der Waals surface area contributed by atoms with Crippen LogP contribution in [0, 0.1) is 5.41 Å². The number of aromatic nitrogens is 1. The summed E-state index contributed by atoms with van der Waals surface area (Å²) < 4.78 is 6.49. The van der Waals surface area contributed by atoms with Gasteiger partial charge < -0.3 is 15.4 Å². The number of rotatable bonds is 8. The molecule has 1 heterocycles. The Labute approximate surface area is 197 Å². The fourth-order valence-corrected chi connectivity index (χ4v) is 4.84. The average molecular weight is 472 g/mol. The Hall–Kier alpha value is -2.58. The zero-order valence-electron chi connectivity index (χ0n) is 19.0. The SMILES string of the molecule is CCOc1ccc2nc(NC(=O)C(C)Sc3cccc(NC(=O)CC(C)(C)C)c3)sc2c1. The van der Waals surface area contributed by atoms with Crippen molar-refractivity contribution < 1.29 is 14.3 Å². The predicted octanol–water partition coefficient (Wildman–Crippen LogP) is 6.19. The van der Waals surface area contributed by atoms with E-state index in [1.807, 2.05) is 77.1 Å². The third-order valence-electron chi connectivity index (χ3n) is 4.39. The fraction of sp³-hybridized carbons (Fsp3) is 0.375. The lowest BCUT2D eigenvalue weighted by Crippen LogP contribution is -2.22. The van der Waals surface area contributed by atoms with Crippen LogP contribution in [-0.4, -0.2) is 28.7 Å². The molecule has 8 heteroatoms. The van der Waals surface area contributed by atoms with Crippen LogP contribution in [0.1, 0.15) is 41.0 Å². The Bertz CT molecular complexity index is 1110. The summed E-state index contributed by atoms with van der Waals surface area (Å²) in [4.78, 5) is 30.3. The van der Waals surface area contributed by atoms with E-state index in [1.165, 1.54) is 23.1 Å². The molecular weight excluding hydrogens is 442 g/mol. The maximum atomic E-state index is 12.7. The molecule has 0 saturated carbocycles. The summed E-state index contributed by atoms with van der Waals surface area (Å²) in [7, 11) is 0. The van der Waals surface area contributed by atoms with Crippen LogP contribution < -0.4 is 15.4 Å². The number of anilines is 2. The molecule has 0 fully saturated rings. The molecule has 1 aromatic heterocycles. The van der Waals surface area contributed by atoms with E-state index in [0.29, 0.717) is 18.2 Å². The zero-order chi connectivity index (χ0) is 23.3. The molecule has 2 N–H and O–H groups in total. The van der Waals surface area contributed by atoms with Crippen LogP contribution in [0.15, 0.2) is 47.4 Å². The normalized spacial score (nSPS) is 12.4. The van der Waals surface area contributed by atoms with Gasteiger partial charge in [-0.2, -0.15) is 0 Å². The van der Waals surface area contributed by atoms with Crippen molar-refractivity contribution in [2.45, 2.75) is 51.2 Å². The van der Waals surface area contributed by atoms with Gasteiger partial charge in [0.1, 0.15) is 5.75 Å². The molecule has 0 aliphatic carbocycles. The van der Waals surface area contributed by atoms with E-state index in [4.69, 9.17) is 4.74 Å². The summed E-state index contributed by atoms with van der Waals surface area (Å²) in [5, 5.41) is 6.08. The molecule has 0 aliphatic heterocycles. The lowest BCUT2D eigenvalue weighted by atomic mass is 9.92. The summed E-state index contributed by atoms with van der Waals surface area (Å²) in [5.41, 5.74) is 1.48. The van der Waals surface area contributed by atoms with Crippen LogP contribution in [0.4, 0.5) is 10.8 Å². The van der Waals surface area contributed by atoms with Crippen molar-refractivity contribution >= 4 is 55.9 Å². The number of carbonyl (C=O) groups excluding carboxylic acids is 2. The summed E-state index contributed by atoms with van der Waals surface area (Å²) in [6.45, 7) is 10.5. The standard InChI is InChI=1S/C24H29N3O3S2/c1-6-30-17-10-11-19-20(13-17)32-23(26-19)27-22(29)15(2)31-18-9-7-8-16(12-18)25-21(28)14-24(3,4)5/h7-13,15H,6,14H2,1-5H3,(H,25,28)(H,26,27,29). The Morgan fingerprint density at radius 1 is 1.16 bits per heavy atom. The number of amides is 2. The molecule has 0 spiro atoms. The van der Waals surface area contributed by atoms with E-state index in [-0.39, 0.29) is 22.5 Å². The second-order valence-corrected chi connectivity index (χ2v) is 11.1. The predicted molar refractivity (Wildman–Crippen MR) is 134 cm³/mol. The molecule has 6 nitrogen and oxygen atoms in total. The highest BCUT2D eigenvalue weighted by Crippen LogP contribution is 2.31. The van der Waals surface area contributed by atoms with E-state index in [2.05, 4.69) is 15.6 Å². The largest absolute Gasteiger partial charge is 0.494 e. The molecule has 0 aliphatic rings. The van der Waals surface area contributed by atoms with Crippen LogP contribution in [0.5, 0.6) is 5.75 Å². The third kappa shape index (κ3) is 6.97. The van der Waals surface area contributed by atoms with Crippen LogP contribution in [-0.2, 0) is 9.59 Å². The number of thioether (sulfide) groups is 1. The number of nitrogens with one attached hydrogen (secondary N) is 2. The lowest BCUT2D eigenvalue weighted by Gasteiger charge is -2.17. The molecule has 3 aromatic rings. The number of hydrogen-bond acceptors (Lipinski definition) is 6. The van der Waals surface area contributed by atoms with Gasteiger partial charge >= 0.3 is 0 Å². The molecular formula is C24H29N3O3S2. The van der Waals surface area contributed by atoms with Crippen LogP contribution in [0.3, 0.4) is 0 Å². The number of hydrogen-bond donors (Lipinski definition) is 2. The van der Waals surface area contributed by atoms with Gasteiger partial charge in [-0.1, -0.05) is 38.2 Å². The van der Waals surface area contributed by atoms with Crippen molar-refractivity contribution in [3.63, 3.8) is 0 Å². The molecule has 0 bridgehead atoms. The first-order valence-electron chi connectivity index (χ1n) is 10.5. The number of benzene rings is 2. The van der Waals surface area contributed by atoms with Gasteiger partial charge in [-0.05, 0) is 55.7 Å². The van der Waals surface area contributed by atoms with Crippen LogP contribution >= 0.6 is 23.1 Å². The minimum atomic E-state index is -0.332. The summed E-state index contributed by atoms with van der Waals surface area (Å²) >= 11 is 2.86. The van der Waals surface area contributed by atoms with E-state index in [1.54, 1.807) is 0 Å². The second kappa shape index (κ2) is 10.4. The molecule has 32 heavy (non-hydrogen) atoms. The van der Waals surface area contributed by atoms with Gasteiger partial charge in [-0.3, -0.25) is 9.59 Å². The molecule has 170 valence electrons. The minimum absolute atomic E-state index is 0.0197. The summed E-state index contributed by atoms with van der Waals surface area (Å²) in [5.74, 6) is 0.648. The van der Waals surface area contributed by atoms with Gasteiger partial charge in [0.05, 0.1) is 22.1 Å². The topological polar surface area (TPSA) is 80.3 Å². The Balaban J connectivity index is 1.61. The fourth-order valence-electron chi connectivity index (χ4n) is 3.01. The van der Waals surface area contributed by atoms with Gasteiger partial charge in [0.25, 0.3) is 0 Å². The van der Waals surface area contributed by atoms with Crippen molar-refractivity contribution in [1.82, 2.24) is 4.98 Å². The number of carbonyl (C=O) groups is 2. The van der Waals surface area contributed by atoms with Crippen LogP contribution in [0.2, 0.25) is 0 Å². The number of thiazole rings is 1. The Morgan fingerprint density at radius 2 is 1.94 bits per heavy atom. The maximum Gasteiger partial charge on any atom is 0.239 e. The monoisotopic (exact) mass is 471 g/mol. The molecule has 3 rings (SSSR count). The van der Waals surface area contributed by atoms with E-state index in [0.717, 1.165) is 26.5 Å². The first-order chi connectivity index (χ1) is 15.1. The molecule has 2 amide bonds. The van der Waals surface area contributed by atoms with Crippen molar-refractivity contribution in [3.05, 3.63) is 42.5 Å². The molecule has 1 atom stereocenters. The van der Waals surface area contributed by atoms with Crippen molar-refractivity contribution in [1.29, 1.82) is 0 Å². The Morgan fingerprint density at radius 3 is 2.66 bits per heavy atom. The Kier molecular flexibility index (Phi) is 7.79. The quantitative estimate of drug-likeness (QED) is 0.383.